The summed E-state index contributed by atoms with van der Waals surface area (Å²) < 4.78 is 4.94. The van der Waals surface area contributed by atoms with Crippen molar-refractivity contribution in [3.05, 3.63) is 36.6 Å². The molecule has 0 saturated heterocycles. The number of hydroxylamine groups is 2. The van der Waals surface area contributed by atoms with Gasteiger partial charge in [-0.2, -0.15) is 0 Å². The molecule has 4 N–H and O–H groups in total. The lowest BCUT2D eigenvalue weighted by atomic mass is 10.3. The van der Waals surface area contributed by atoms with Gasteiger partial charge in [0.15, 0.2) is 0 Å². The fraction of sp³-hybridized carbons (Fsp3) is 0.200. The summed E-state index contributed by atoms with van der Waals surface area (Å²) in [5.74, 6) is -3.65. The zero-order valence-corrected chi connectivity index (χ0v) is 9.22. The van der Waals surface area contributed by atoms with Crippen molar-refractivity contribution in [2.24, 2.45) is 5.73 Å². The molecule has 0 aromatic carbocycles. The Morgan fingerprint density at radius 3 is 2.56 bits per heavy atom. The molecule has 18 heavy (non-hydrogen) atoms. The minimum atomic E-state index is -1.82. The number of hydrogen-bond donors (Lipinski definition) is 3. The fourth-order valence-electron chi connectivity index (χ4n) is 1.11. The number of fused-ring (bicyclic) bond motifs is 1. The smallest absolute Gasteiger partial charge is 0.414 e. The molecular weight excluding hydrogens is 244 g/mol. The Bertz CT molecular complexity index is 403. The second-order valence-corrected chi connectivity index (χ2v) is 3.13. The van der Waals surface area contributed by atoms with Crippen LogP contribution in [-0.4, -0.2) is 39.9 Å². The van der Waals surface area contributed by atoms with Gasteiger partial charge in [0.2, 0.25) is 0 Å². The number of rotatable bonds is 1. The average molecular weight is 256 g/mol. The number of carboxylic acids is 2. The monoisotopic (exact) mass is 256 g/mol. The topological polar surface area (TPSA) is 122 Å². The molecule has 1 atom stereocenters. The second-order valence-electron chi connectivity index (χ2n) is 3.13. The third kappa shape index (κ3) is 3.92. The van der Waals surface area contributed by atoms with Crippen LogP contribution in [0.25, 0.3) is 0 Å². The van der Waals surface area contributed by atoms with Crippen LogP contribution in [0.5, 0.6) is 0 Å². The normalized spacial score (nSPS) is 19.9. The number of allylic oxidation sites excluding steroid dienone is 1. The van der Waals surface area contributed by atoms with Gasteiger partial charge in [-0.15, -0.1) is 0 Å². The highest BCUT2D eigenvalue weighted by molar-refractivity contribution is 6.27. The quantitative estimate of drug-likeness (QED) is 0.542. The van der Waals surface area contributed by atoms with E-state index in [4.69, 9.17) is 35.1 Å². The number of carboxylic acid groups (broad SMARTS) is 2. The second kappa shape index (κ2) is 6.42. The Balaban J connectivity index is 0.000000232. The number of hydrogen-bond acceptors (Lipinski definition) is 6. The Kier molecular flexibility index (Phi) is 4.90. The van der Waals surface area contributed by atoms with Crippen molar-refractivity contribution in [2.45, 2.75) is 6.10 Å². The van der Waals surface area contributed by atoms with E-state index >= 15 is 0 Å². The third-order valence-corrected chi connectivity index (χ3v) is 1.87. The maximum Gasteiger partial charge on any atom is 0.414 e. The van der Waals surface area contributed by atoms with E-state index in [0.717, 1.165) is 5.70 Å². The number of nitrogens with two attached hydrogens (primary N) is 1. The van der Waals surface area contributed by atoms with E-state index in [1.807, 2.05) is 12.2 Å². The summed E-state index contributed by atoms with van der Waals surface area (Å²) in [5.41, 5.74) is 6.41. The lowest BCUT2D eigenvalue weighted by Gasteiger charge is -2.13. The van der Waals surface area contributed by atoms with Crippen molar-refractivity contribution in [3.63, 3.8) is 0 Å². The minimum Gasteiger partial charge on any atom is -0.473 e. The summed E-state index contributed by atoms with van der Waals surface area (Å²) >= 11 is 0. The van der Waals surface area contributed by atoms with Gasteiger partial charge in [0.05, 0.1) is 18.2 Å². The van der Waals surface area contributed by atoms with Gasteiger partial charge in [0.1, 0.15) is 12.4 Å². The molecule has 0 fully saturated rings. The molecule has 0 aromatic heterocycles. The zero-order chi connectivity index (χ0) is 13.5. The van der Waals surface area contributed by atoms with Crippen molar-refractivity contribution in [1.82, 2.24) is 5.06 Å². The largest absolute Gasteiger partial charge is 0.473 e. The number of ether oxygens (including phenoxy) is 1. The molecular formula is C10H12N2O6. The predicted molar refractivity (Wildman–Crippen MR) is 58.5 cm³/mol. The molecule has 0 saturated carbocycles. The van der Waals surface area contributed by atoms with Gasteiger partial charge in [-0.3, -0.25) is 4.84 Å². The van der Waals surface area contributed by atoms with Crippen LogP contribution in [0.1, 0.15) is 0 Å². The molecule has 8 heteroatoms. The first-order valence-corrected chi connectivity index (χ1v) is 4.87. The van der Waals surface area contributed by atoms with E-state index in [0.29, 0.717) is 6.54 Å². The summed E-state index contributed by atoms with van der Waals surface area (Å²) in [6.07, 6.45) is 8.63. The summed E-state index contributed by atoms with van der Waals surface area (Å²) in [4.78, 5) is 23.6. The van der Waals surface area contributed by atoms with Crippen LogP contribution in [0.3, 0.4) is 0 Å². The Labute approximate surface area is 102 Å². The molecule has 98 valence electrons. The molecule has 0 radical (unpaired) electrons. The van der Waals surface area contributed by atoms with Crippen LogP contribution in [0.2, 0.25) is 0 Å². The maximum atomic E-state index is 9.10. The van der Waals surface area contributed by atoms with Gasteiger partial charge in [0.25, 0.3) is 0 Å². The highest BCUT2D eigenvalue weighted by Crippen LogP contribution is 2.20. The van der Waals surface area contributed by atoms with E-state index in [2.05, 4.69) is 0 Å². The summed E-state index contributed by atoms with van der Waals surface area (Å²) in [6, 6.07) is 0. The van der Waals surface area contributed by atoms with Gasteiger partial charge in [0, 0.05) is 6.54 Å². The molecule has 0 aromatic rings. The van der Waals surface area contributed by atoms with Gasteiger partial charge >= 0.3 is 11.9 Å². The SMILES string of the molecule is NCC1C=C2C=COC=CN2O1.O=C(O)C(=O)O. The van der Waals surface area contributed by atoms with Crippen molar-refractivity contribution in [2.75, 3.05) is 6.54 Å². The highest BCUT2D eigenvalue weighted by Gasteiger charge is 2.20. The van der Waals surface area contributed by atoms with Crippen molar-refractivity contribution in [3.8, 4) is 0 Å². The van der Waals surface area contributed by atoms with Crippen LogP contribution in [0.4, 0.5) is 0 Å². The molecule has 8 nitrogen and oxygen atoms in total. The number of aliphatic carboxylic acids is 2. The van der Waals surface area contributed by atoms with Crippen molar-refractivity contribution in [1.29, 1.82) is 0 Å². The standard InChI is InChI=1S/C8H10N2O2.C2H2O4/c9-6-8-5-7-1-3-11-4-2-10(7)12-8;3-1(4)2(5)6/h1-5,8H,6,9H2;(H,3,4)(H,5,6). The van der Waals surface area contributed by atoms with Gasteiger partial charge < -0.3 is 20.7 Å². The summed E-state index contributed by atoms with van der Waals surface area (Å²) in [5, 5.41) is 16.4. The van der Waals surface area contributed by atoms with E-state index in [9.17, 15) is 0 Å². The van der Waals surface area contributed by atoms with Gasteiger partial charge in [-0.1, -0.05) is 0 Å². The first-order chi connectivity index (χ1) is 8.54. The molecule has 2 aliphatic rings. The molecule has 1 unspecified atom stereocenters. The predicted octanol–water partition coefficient (Wildman–Crippen LogP) is -0.384. The zero-order valence-electron chi connectivity index (χ0n) is 9.22. The average Bonchev–Trinajstić information content (AvgIpc) is 2.60. The van der Waals surface area contributed by atoms with Crippen LogP contribution >= 0.6 is 0 Å². The van der Waals surface area contributed by atoms with Crippen LogP contribution in [-0.2, 0) is 19.2 Å². The molecule has 0 bridgehead atoms. The Morgan fingerprint density at radius 1 is 1.33 bits per heavy atom. The van der Waals surface area contributed by atoms with Crippen LogP contribution < -0.4 is 5.73 Å². The van der Waals surface area contributed by atoms with Gasteiger partial charge in [-0.05, 0) is 12.2 Å². The molecule has 0 spiro atoms. The lowest BCUT2D eigenvalue weighted by molar-refractivity contribution is -0.159. The van der Waals surface area contributed by atoms with Crippen molar-refractivity contribution < 1.29 is 29.4 Å². The summed E-state index contributed by atoms with van der Waals surface area (Å²) in [7, 11) is 0. The number of nitrogens with zero attached hydrogens (tertiary/aromatic N) is 1. The van der Waals surface area contributed by atoms with Gasteiger partial charge in [-0.25, -0.2) is 14.7 Å². The maximum absolute atomic E-state index is 9.10. The lowest BCUT2D eigenvalue weighted by Crippen LogP contribution is -2.22. The van der Waals surface area contributed by atoms with Crippen LogP contribution in [0, 0.1) is 0 Å². The van der Waals surface area contributed by atoms with E-state index in [-0.39, 0.29) is 6.10 Å². The molecule has 0 aliphatic carbocycles. The fourth-order valence-corrected chi connectivity index (χ4v) is 1.11. The minimum absolute atomic E-state index is 0.0209. The Morgan fingerprint density at radius 2 is 2.00 bits per heavy atom. The molecule has 2 rings (SSSR count). The summed E-state index contributed by atoms with van der Waals surface area (Å²) in [6.45, 7) is 0.489. The first kappa shape index (κ1) is 13.7. The Hall–Kier alpha value is -2.32. The van der Waals surface area contributed by atoms with E-state index < -0.39 is 11.9 Å². The van der Waals surface area contributed by atoms with E-state index in [1.54, 1.807) is 23.8 Å². The molecule has 2 heterocycles. The van der Waals surface area contributed by atoms with Crippen molar-refractivity contribution >= 4 is 11.9 Å². The molecule has 0 amide bonds. The van der Waals surface area contributed by atoms with E-state index in [1.165, 1.54) is 0 Å². The third-order valence-electron chi connectivity index (χ3n) is 1.87. The number of carbonyl (C=O) groups is 2. The molecule has 2 aliphatic heterocycles. The highest BCUT2D eigenvalue weighted by atomic mass is 16.7. The first-order valence-electron chi connectivity index (χ1n) is 4.87. The van der Waals surface area contributed by atoms with Crippen LogP contribution in [0.15, 0.2) is 36.6 Å².